The molecule has 1 saturated heterocycles. The molecule has 3 aliphatic carbocycles. The van der Waals surface area contributed by atoms with Crippen molar-refractivity contribution in [3.05, 3.63) is 101 Å². The van der Waals surface area contributed by atoms with Crippen molar-refractivity contribution in [1.82, 2.24) is 4.90 Å². The first-order valence-corrected chi connectivity index (χ1v) is 12.5. The molecule has 0 saturated carbocycles. The Morgan fingerprint density at radius 3 is 1.73 bits per heavy atom. The number of hydrogen-bond acceptors (Lipinski definition) is 5. The molecule has 0 radical (unpaired) electrons. The van der Waals surface area contributed by atoms with Gasteiger partial charge in [-0.25, -0.2) is 0 Å². The Labute approximate surface area is 214 Å². The Morgan fingerprint density at radius 2 is 1.27 bits per heavy atom. The molecule has 1 aliphatic heterocycles. The summed E-state index contributed by atoms with van der Waals surface area (Å²) in [7, 11) is 0. The van der Waals surface area contributed by atoms with Crippen molar-refractivity contribution in [3.8, 4) is 0 Å². The molecule has 7 rings (SSSR count). The maximum Gasteiger partial charge on any atom is 0.326 e. The van der Waals surface area contributed by atoms with Crippen LogP contribution in [0.25, 0.3) is 0 Å². The summed E-state index contributed by atoms with van der Waals surface area (Å²) in [6.07, 6.45) is 0.890. The van der Waals surface area contributed by atoms with Crippen LogP contribution in [0.3, 0.4) is 0 Å². The van der Waals surface area contributed by atoms with E-state index in [-0.39, 0.29) is 23.7 Å². The Kier molecular flexibility index (Phi) is 5.63. The topological polar surface area (TPSA) is 92.8 Å². The normalized spacial score (nSPS) is 22.8. The number of nitrogens with zero attached hydrogens (tertiary/aromatic N) is 1. The molecule has 186 valence electrons. The second-order valence-corrected chi connectivity index (χ2v) is 9.79. The van der Waals surface area contributed by atoms with Gasteiger partial charge in [-0.15, -0.1) is 0 Å². The summed E-state index contributed by atoms with van der Waals surface area (Å²) < 4.78 is 5.13. The van der Waals surface area contributed by atoms with Crippen LogP contribution in [0.2, 0.25) is 0 Å². The van der Waals surface area contributed by atoms with E-state index in [0.717, 1.165) is 39.1 Å². The number of imide groups is 1. The van der Waals surface area contributed by atoms with Crippen LogP contribution in [0.5, 0.6) is 0 Å². The quantitative estimate of drug-likeness (QED) is 0.417. The second-order valence-electron chi connectivity index (χ2n) is 9.79. The Bertz CT molecular complexity index is 1310. The largest absolute Gasteiger partial charge is 0.454 e. The lowest BCUT2D eigenvalue weighted by molar-refractivity contribution is -0.154. The van der Waals surface area contributed by atoms with Crippen molar-refractivity contribution in [2.24, 2.45) is 11.8 Å². The zero-order chi connectivity index (χ0) is 25.7. The van der Waals surface area contributed by atoms with Crippen LogP contribution < -0.4 is 5.32 Å². The van der Waals surface area contributed by atoms with Crippen molar-refractivity contribution < 1.29 is 23.9 Å². The summed E-state index contributed by atoms with van der Waals surface area (Å²) in [5, 5.41) is 2.68. The molecule has 1 heterocycles. The van der Waals surface area contributed by atoms with Crippen LogP contribution in [0, 0.1) is 11.8 Å². The van der Waals surface area contributed by atoms with Gasteiger partial charge in [0.25, 0.3) is 5.91 Å². The fourth-order valence-corrected chi connectivity index (χ4v) is 6.24. The molecule has 1 N–H and O–H groups in total. The summed E-state index contributed by atoms with van der Waals surface area (Å²) in [4.78, 5) is 53.0. The van der Waals surface area contributed by atoms with Gasteiger partial charge in [0.1, 0.15) is 6.54 Å². The predicted molar refractivity (Wildman–Crippen MR) is 136 cm³/mol. The van der Waals surface area contributed by atoms with E-state index in [1.165, 1.54) is 0 Å². The fraction of sp³-hybridized carbons (Fsp3) is 0.267. The first-order valence-electron chi connectivity index (χ1n) is 12.5. The second kappa shape index (κ2) is 9.00. The number of carbonyl (C=O) groups is 4. The zero-order valence-electron chi connectivity index (χ0n) is 20.3. The number of carbonyl (C=O) groups excluding carboxylic acids is 4. The lowest BCUT2D eigenvalue weighted by atomic mass is 9.55. The molecule has 37 heavy (non-hydrogen) atoms. The average Bonchev–Trinajstić information content (AvgIpc) is 3.17. The molecule has 0 unspecified atom stereocenters. The number of aryl methyl sites for hydroxylation is 1. The highest BCUT2D eigenvalue weighted by atomic mass is 16.5. The highest BCUT2D eigenvalue weighted by Crippen LogP contribution is 2.60. The van der Waals surface area contributed by atoms with Crippen molar-refractivity contribution in [2.45, 2.75) is 25.2 Å². The third-order valence-electron chi connectivity index (χ3n) is 7.84. The minimum atomic E-state index is -0.792. The van der Waals surface area contributed by atoms with Gasteiger partial charge in [0.2, 0.25) is 11.8 Å². The van der Waals surface area contributed by atoms with Crippen LogP contribution in [0.15, 0.2) is 72.8 Å². The van der Waals surface area contributed by atoms with Gasteiger partial charge in [0.05, 0.1) is 11.8 Å². The fourth-order valence-electron chi connectivity index (χ4n) is 6.24. The van der Waals surface area contributed by atoms with Crippen LogP contribution in [-0.4, -0.2) is 41.7 Å². The molecule has 0 spiro atoms. The van der Waals surface area contributed by atoms with E-state index in [9.17, 15) is 19.2 Å². The minimum Gasteiger partial charge on any atom is -0.454 e. The van der Waals surface area contributed by atoms with Crippen molar-refractivity contribution in [3.63, 3.8) is 0 Å². The monoisotopic (exact) mass is 494 g/mol. The van der Waals surface area contributed by atoms with Gasteiger partial charge in [-0.1, -0.05) is 67.6 Å². The molecular weight excluding hydrogens is 468 g/mol. The number of amides is 3. The SMILES string of the molecule is CCc1ccc(NC(=O)COC(=O)CN2C(=O)[C@H]3C4c5ccccc5C(c5ccccc54)[C@@H]3C2=O)cc1. The maximum atomic E-state index is 13.5. The Balaban J connectivity index is 1.16. The minimum absolute atomic E-state index is 0.232. The predicted octanol–water partition coefficient (Wildman–Crippen LogP) is 3.62. The lowest BCUT2D eigenvalue weighted by Gasteiger charge is -2.45. The van der Waals surface area contributed by atoms with Gasteiger partial charge in [-0.2, -0.15) is 0 Å². The van der Waals surface area contributed by atoms with Crippen LogP contribution in [-0.2, 0) is 30.3 Å². The molecule has 0 aromatic heterocycles. The van der Waals surface area contributed by atoms with Crippen molar-refractivity contribution >= 4 is 29.4 Å². The highest BCUT2D eigenvalue weighted by Gasteiger charge is 2.61. The molecule has 4 aliphatic rings. The number of anilines is 1. The molecule has 2 bridgehead atoms. The van der Waals surface area contributed by atoms with E-state index >= 15 is 0 Å². The van der Waals surface area contributed by atoms with Gasteiger partial charge in [0.15, 0.2) is 6.61 Å². The number of ether oxygens (including phenoxy) is 1. The number of esters is 1. The zero-order valence-corrected chi connectivity index (χ0v) is 20.3. The number of nitrogens with one attached hydrogen (secondary N) is 1. The van der Waals surface area contributed by atoms with Crippen LogP contribution >= 0.6 is 0 Å². The molecule has 7 heteroatoms. The number of benzene rings is 3. The number of hydrogen-bond donors (Lipinski definition) is 1. The summed E-state index contributed by atoms with van der Waals surface area (Å²) in [6.45, 7) is 1.04. The van der Waals surface area contributed by atoms with Gasteiger partial charge < -0.3 is 10.1 Å². The van der Waals surface area contributed by atoms with Gasteiger partial charge in [0, 0.05) is 17.5 Å². The molecule has 3 aromatic rings. The van der Waals surface area contributed by atoms with E-state index in [0.29, 0.717) is 5.69 Å². The maximum absolute atomic E-state index is 13.5. The molecular formula is C30H26N2O5. The van der Waals surface area contributed by atoms with E-state index in [2.05, 4.69) is 5.32 Å². The molecule has 7 nitrogen and oxygen atoms in total. The summed E-state index contributed by atoms with van der Waals surface area (Å²) in [5.74, 6) is -3.56. The summed E-state index contributed by atoms with van der Waals surface area (Å²) >= 11 is 0. The van der Waals surface area contributed by atoms with Gasteiger partial charge in [-0.3, -0.25) is 24.1 Å². The number of likely N-dealkylation sites (tertiary alicyclic amines) is 1. The van der Waals surface area contributed by atoms with Crippen LogP contribution in [0.4, 0.5) is 5.69 Å². The first kappa shape index (κ1) is 23.2. The molecule has 1 fully saturated rings. The number of rotatable bonds is 6. The third kappa shape index (κ3) is 3.73. The third-order valence-corrected chi connectivity index (χ3v) is 7.84. The van der Waals surface area contributed by atoms with Crippen LogP contribution in [0.1, 0.15) is 46.6 Å². The molecule has 3 amide bonds. The standard InChI is InChI=1S/C30H26N2O5/c1-2-17-11-13-18(14-12-17)31-23(33)16-37-24(34)15-32-29(35)27-25-19-7-3-4-8-20(19)26(28(27)30(32)36)22-10-6-5-9-21(22)25/h3-14,25-28H,2,15-16H2,1H3,(H,31,33)/t25?,26?,27-,28-/m0/s1. The Morgan fingerprint density at radius 1 is 0.784 bits per heavy atom. The van der Waals surface area contributed by atoms with E-state index < -0.39 is 36.9 Å². The summed E-state index contributed by atoms with van der Waals surface area (Å²) in [6, 6.07) is 23.3. The van der Waals surface area contributed by atoms with Crippen molar-refractivity contribution in [1.29, 1.82) is 0 Å². The molecule has 2 atom stereocenters. The van der Waals surface area contributed by atoms with E-state index in [4.69, 9.17) is 4.74 Å². The molecule has 3 aromatic carbocycles. The van der Waals surface area contributed by atoms with Crippen molar-refractivity contribution in [2.75, 3.05) is 18.5 Å². The first-order chi connectivity index (χ1) is 18.0. The lowest BCUT2D eigenvalue weighted by Crippen LogP contribution is -2.41. The van der Waals surface area contributed by atoms with E-state index in [1.54, 1.807) is 12.1 Å². The van der Waals surface area contributed by atoms with E-state index in [1.807, 2.05) is 67.6 Å². The highest BCUT2D eigenvalue weighted by molar-refractivity contribution is 6.09. The van der Waals surface area contributed by atoms with Gasteiger partial charge in [-0.05, 0) is 46.4 Å². The smallest absolute Gasteiger partial charge is 0.326 e. The van der Waals surface area contributed by atoms with Gasteiger partial charge >= 0.3 is 5.97 Å². The Hall–Kier alpha value is -4.26. The average molecular weight is 495 g/mol. The summed E-state index contributed by atoms with van der Waals surface area (Å²) in [5.41, 5.74) is 6.03.